The van der Waals surface area contributed by atoms with Gasteiger partial charge in [0.2, 0.25) is 11.8 Å². The van der Waals surface area contributed by atoms with Gasteiger partial charge in [-0.05, 0) is 59.9 Å². The molecule has 2 aliphatic rings. The monoisotopic (exact) mass is 549 g/mol. The van der Waals surface area contributed by atoms with E-state index in [4.69, 9.17) is 26.1 Å². The van der Waals surface area contributed by atoms with Crippen LogP contribution >= 0.6 is 11.6 Å². The number of hydrogen-bond donors (Lipinski definition) is 2. The molecule has 208 valence electrons. The van der Waals surface area contributed by atoms with Gasteiger partial charge >= 0.3 is 6.09 Å². The molecule has 0 spiro atoms. The van der Waals surface area contributed by atoms with Crippen LogP contribution in [0, 0.1) is 12.7 Å². The standard InChI is InChI=1S/C27H37ClFN5O4/c1-8-9-13(2)34(26(36)38-27(5,6)7)12-17-15(4)37-25-20-19(21(29)23(28)33-25)14(3)22(32-24(20)31-17)16-10-11-18(35)30-16/h13,15-17H,8-12H2,1-7H3,(H,30,35)(H,31,32). The van der Waals surface area contributed by atoms with Crippen molar-refractivity contribution in [3.63, 3.8) is 0 Å². The predicted octanol–water partition coefficient (Wildman–Crippen LogP) is 5.67. The Hall–Kier alpha value is -2.88. The van der Waals surface area contributed by atoms with Crippen molar-refractivity contribution >= 4 is 40.2 Å². The van der Waals surface area contributed by atoms with Gasteiger partial charge in [-0.1, -0.05) is 24.9 Å². The van der Waals surface area contributed by atoms with Crippen LogP contribution in [-0.4, -0.2) is 57.2 Å². The van der Waals surface area contributed by atoms with Crippen LogP contribution in [0.15, 0.2) is 0 Å². The lowest BCUT2D eigenvalue weighted by Crippen LogP contribution is -2.51. The Kier molecular flexibility index (Phi) is 7.93. The van der Waals surface area contributed by atoms with Gasteiger partial charge in [-0.15, -0.1) is 0 Å². The molecule has 1 saturated heterocycles. The maximum Gasteiger partial charge on any atom is 0.410 e. The Balaban J connectivity index is 1.78. The van der Waals surface area contributed by atoms with E-state index in [-0.39, 0.29) is 41.0 Å². The summed E-state index contributed by atoms with van der Waals surface area (Å²) in [5.74, 6) is -0.189. The van der Waals surface area contributed by atoms with E-state index in [0.717, 1.165) is 12.8 Å². The van der Waals surface area contributed by atoms with Crippen molar-refractivity contribution < 1.29 is 23.5 Å². The second kappa shape index (κ2) is 10.7. The van der Waals surface area contributed by atoms with E-state index in [9.17, 15) is 9.59 Å². The summed E-state index contributed by atoms with van der Waals surface area (Å²) in [6, 6.07) is -0.861. The number of ether oxygens (including phenoxy) is 2. The largest absolute Gasteiger partial charge is 0.472 e. The Morgan fingerprint density at radius 2 is 2.00 bits per heavy atom. The molecule has 0 saturated carbocycles. The molecule has 1 fully saturated rings. The summed E-state index contributed by atoms with van der Waals surface area (Å²) in [6.45, 7) is 13.4. The summed E-state index contributed by atoms with van der Waals surface area (Å²) in [4.78, 5) is 36.0. The van der Waals surface area contributed by atoms with Gasteiger partial charge < -0.3 is 25.0 Å². The molecule has 2 aliphatic heterocycles. The van der Waals surface area contributed by atoms with Crippen molar-refractivity contribution in [2.24, 2.45) is 0 Å². The number of pyridine rings is 2. The van der Waals surface area contributed by atoms with Gasteiger partial charge in [-0.25, -0.2) is 14.2 Å². The number of aromatic nitrogens is 2. The van der Waals surface area contributed by atoms with Crippen LogP contribution in [0.4, 0.5) is 15.0 Å². The van der Waals surface area contributed by atoms with Crippen LogP contribution < -0.4 is 15.4 Å². The zero-order valence-corrected chi connectivity index (χ0v) is 23.8. The molecule has 4 rings (SSSR count). The molecule has 0 aromatic carbocycles. The second-order valence-corrected chi connectivity index (χ2v) is 11.6. The number of amides is 2. The number of rotatable bonds is 6. The van der Waals surface area contributed by atoms with Crippen molar-refractivity contribution in [1.82, 2.24) is 20.2 Å². The van der Waals surface area contributed by atoms with Gasteiger partial charge in [0.25, 0.3) is 0 Å². The fourth-order valence-electron chi connectivity index (χ4n) is 5.11. The average molecular weight is 550 g/mol. The molecule has 0 bridgehead atoms. The van der Waals surface area contributed by atoms with Crippen LogP contribution in [0.5, 0.6) is 5.88 Å². The van der Waals surface area contributed by atoms with Gasteiger partial charge in [-0.3, -0.25) is 4.79 Å². The molecule has 11 heteroatoms. The molecular formula is C27H37ClFN5O4. The lowest BCUT2D eigenvalue weighted by Gasteiger charge is -2.35. The smallest absolute Gasteiger partial charge is 0.410 e. The quantitative estimate of drug-likeness (QED) is 0.447. The number of hydrogen-bond acceptors (Lipinski definition) is 7. The molecule has 2 amide bonds. The molecule has 2 aromatic heterocycles. The number of carbonyl (C=O) groups is 2. The Labute approximate surface area is 227 Å². The van der Waals surface area contributed by atoms with E-state index in [1.807, 2.05) is 34.6 Å². The summed E-state index contributed by atoms with van der Waals surface area (Å²) in [6.07, 6.45) is 1.73. The molecule has 4 unspecified atom stereocenters. The van der Waals surface area contributed by atoms with Crippen molar-refractivity contribution in [2.45, 2.75) is 104 Å². The van der Waals surface area contributed by atoms with Crippen molar-refractivity contribution in [2.75, 3.05) is 11.9 Å². The number of halogens is 2. The molecule has 4 atom stereocenters. The fourth-order valence-corrected chi connectivity index (χ4v) is 5.28. The van der Waals surface area contributed by atoms with E-state index < -0.39 is 29.7 Å². The molecule has 9 nitrogen and oxygen atoms in total. The lowest BCUT2D eigenvalue weighted by molar-refractivity contribution is -0.119. The fraction of sp³-hybridized carbons (Fsp3) is 0.630. The third-order valence-corrected chi connectivity index (χ3v) is 7.31. The summed E-state index contributed by atoms with van der Waals surface area (Å²) < 4.78 is 27.4. The minimum atomic E-state index is -0.666. The van der Waals surface area contributed by atoms with Gasteiger partial charge in [0.1, 0.15) is 17.5 Å². The summed E-state index contributed by atoms with van der Waals surface area (Å²) >= 11 is 6.21. The molecule has 4 heterocycles. The first-order valence-corrected chi connectivity index (χ1v) is 13.6. The molecule has 2 aromatic rings. The zero-order chi connectivity index (χ0) is 27.9. The van der Waals surface area contributed by atoms with Gasteiger partial charge in [-0.2, -0.15) is 4.98 Å². The van der Waals surface area contributed by atoms with Gasteiger partial charge in [0, 0.05) is 24.4 Å². The summed E-state index contributed by atoms with van der Waals surface area (Å²) in [7, 11) is 0. The Morgan fingerprint density at radius 1 is 1.29 bits per heavy atom. The molecule has 38 heavy (non-hydrogen) atoms. The average Bonchev–Trinajstić information content (AvgIpc) is 3.19. The maximum atomic E-state index is 15.5. The third kappa shape index (κ3) is 5.60. The van der Waals surface area contributed by atoms with E-state index in [2.05, 4.69) is 22.5 Å². The van der Waals surface area contributed by atoms with E-state index >= 15 is 4.39 Å². The first-order valence-electron chi connectivity index (χ1n) is 13.2. The van der Waals surface area contributed by atoms with Gasteiger partial charge in [0.05, 0.1) is 23.2 Å². The molecule has 0 radical (unpaired) electrons. The number of carbonyl (C=O) groups excluding carboxylic acids is 2. The van der Waals surface area contributed by atoms with Crippen molar-refractivity contribution in [1.29, 1.82) is 0 Å². The minimum Gasteiger partial charge on any atom is -0.472 e. The number of nitrogens with one attached hydrogen (secondary N) is 2. The molecular weight excluding hydrogens is 513 g/mol. The molecule has 0 aliphatic carbocycles. The maximum absolute atomic E-state index is 15.5. The number of aryl methyl sites for hydroxylation is 1. The Morgan fingerprint density at radius 3 is 2.61 bits per heavy atom. The number of nitrogens with zero attached hydrogens (tertiary/aromatic N) is 3. The highest BCUT2D eigenvalue weighted by Gasteiger charge is 2.36. The highest BCUT2D eigenvalue weighted by atomic mass is 35.5. The topological polar surface area (TPSA) is 106 Å². The second-order valence-electron chi connectivity index (χ2n) is 11.2. The normalized spacial score (nSPS) is 21.8. The highest BCUT2D eigenvalue weighted by molar-refractivity contribution is 6.30. The summed E-state index contributed by atoms with van der Waals surface area (Å²) in [5.41, 5.74) is 0.483. The SMILES string of the molecule is CCCC(C)N(CC1Nc2nc(C3CCC(=O)N3)c(C)c3c(F)c(Cl)nc(c23)OC1C)C(=O)OC(C)(C)C. The van der Waals surface area contributed by atoms with Crippen molar-refractivity contribution in [3.05, 3.63) is 22.2 Å². The first kappa shape index (κ1) is 28.1. The van der Waals surface area contributed by atoms with Crippen LogP contribution in [0.2, 0.25) is 5.15 Å². The van der Waals surface area contributed by atoms with Crippen LogP contribution in [0.3, 0.4) is 0 Å². The lowest BCUT2D eigenvalue weighted by atomic mass is 10.00. The van der Waals surface area contributed by atoms with Crippen LogP contribution in [0.1, 0.15) is 84.5 Å². The highest BCUT2D eigenvalue weighted by Crippen LogP contribution is 2.42. The van der Waals surface area contributed by atoms with Crippen LogP contribution in [0.25, 0.3) is 10.8 Å². The minimum absolute atomic E-state index is 0.0724. The van der Waals surface area contributed by atoms with E-state index in [1.165, 1.54) is 0 Å². The van der Waals surface area contributed by atoms with Crippen LogP contribution in [-0.2, 0) is 9.53 Å². The van der Waals surface area contributed by atoms with Gasteiger partial charge in [0.15, 0.2) is 11.0 Å². The predicted molar refractivity (Wildman–Crippen MR) is 144 cm³/mol. The number of anilines is 1. The van der Waals surface area contributed by atoms with E-state index in [0.29, 0.717) is 35.3 Å². The summed E-state index contributed by atoms with van der Waals surface area (Å²) in [5, 5.41) is 6.69. The third-order valence-electron chi connectivity index (χ3n) is 7.06. The Bertz CT molecular complexity index is 1250. The zero-order valence-electron chi connectivity index (χ0n) is 23.1. The first-order chi connectivity index (χ1) is 17.8. The van der Waals surface area contributed by atoms with E-state index in [1.54, 1.807) is 11.8 Å². The molecule has 2 N–H and O–H groups in total. The van der Waals surface area contributed by atoms with Crippen molar-refractivity contribution in [3.8, 4) is 5.88 Å².